The van der Waals surface area contributed by atoms with Crippen molar-refractivity contribution in [2.45, 2.75) is 19.4 Å². The summed E-state index contributed by atoms with van der Waals surface area (Å²) in [6.45, 7) is 2.29. The number of H-pyrrole nitrogens is 1. The highest BCUT2D eigenvalue weighted by atomic mass is 14.9. The molecule has 0 aliphatic heterocycles. The number of nitrogens with one attached hydrogen (secondary N) is 2. The van der Waals surface area contributed by atoms with Gasteiger partial charge in [0, 0.05) is 18.4 Å². The molecule has 60 valence electrons. The predicted octanol–water partition coefficient (Wildman–Crippen LogP) is 1.47. The Morgan fingerprint density at radius 3 is 3.09 bits per heavy atom. The Morgan fingerprint density at radius 1 is 1.55 bits per heavy atom. The average Bonchev–Trinajstić information content (AvgIpc) is 2.46. The summed E-state index contributed by atoms with van der Waals surface area (Å²) >= 11 is 0. The quantitative estimate of drug-likeness (QED) is 0.623. The van der Waals surface area contributed by atoms with Gasteiger partial charge in [0.25, 0.3) is 0 Å². The highest BCUT2D eigenvalue weighted by molar-refractivity contribution is 5.32. The largest absolute Gasteiger partial charge is 0.367 e. The Kier molecular flexibility index (Phi) is 1.50. The van der Waals surface area contributed by atoms with Crippen LogP contribution in [0.5, 0.6) is 0 Å². The maximum absolute atomic E-state index is 3.34. The van der Waals surface area contributed by atoms with Crippen LogP contribution < -0.4 is 5.32 Å². The van der Waals surface area contributed by atoms with E-state index in [9.17, 15) is 0 Å². The van der Waals surface area contributed by atoms with E-state index in [0.29, 0.717) is 6.04 Å². The summed E-state index contributed by atoms with van der Waals surface area (Å²) in [7, 11) is 2.03. The molecule has 0 saturated heterocycles. The molecule has 1 aromatic heterocycles. The van der Waals surface area contributed by atoms with Crippen molar-refractivity contribution in [1.82, 2.24) is 10.3 Å². The van der Waals surface area contributed by atoms with Crippen LogP contribution in [0, 0.1) is 5.92 Å². The van der Waals surface area contributed by atoms with Crippen molar-refractivity contribution in [3.63, 3.8) is 0 Å². The lowest BCUT2D eigenvalue weighted by Crippen LogP contribution is -2.19. The van der Waals surface area contributed by atoms with Crippen molar-refractivity contribution in [3.8, 4) is 0 Å². The van der Waals surface area contributed by atoms with Gasteiger partial charge in [-0.05, 0) is 30.5 Å². The van der Waals surface area contributed by atoms with Gasteiger partial charge in [-0.2, -0.15) is 0 Å². The number of fused-ring (bicyclic) bond motifs is 1. The molecule has 1 aliphatic rings. The van der Waals surface area contributed by atoms with Crippen molar-refractivity contribution in [2.24, 2.45) is 5.92 Å². The molecule has 2 unspecified atom stereocenters. The Hall–Kier alpha value is -0.760. The van der Waals surface area contributed by atoms with E-state index in [1.165, 1.54) is 17.5 Å². The molecule has 0 radical (unpaired) electrons. The molecule has 1 aliphatic carbocycles. The highest BCUT2D eigenvalue weighted by Crippen LogP contribution is 2.34. The fourth-order valence-electron chi connectivity index (χ4n) is 2.09. The first kappa shape index (κ1) is 6.92. The molecular formula is C9H14N2. The maximum atomic E-state index is 3.34. The Labute approximate surface area is 67.0 Å². The fraction of sp³-hybridized carbons (Fsp3) is 0.556. The van der Waals surface area contributed by atoms with Crippen molar-refractivity contribution < 1.29 is 0 Å². The summed E-state index contributed by atoms with van der Waals surface area (Å²) < 4.78 is 0. The van der Waals surface area contributed by atoms with E-state index in [0.717, 1.165) is 5.92 Å². The third-order valence-electron chi connectivity index (χ3n) is 2.62. The molecule has 0 aromatic carbocycles. The second kappa shape index (κ2) is 2.38. The molecule has 1 aromatic rings. The number of hydrogen-bond donors (Lipinski definition) is 2. The van der Waals surface area contributed by atoms with Crippen LogP contribution in [0.15, 0.2) is 12.4 Å². The Bertz CT molecular complexity index is 252. The second-order valence-electron chi connectivity index (χ2n) is 3.38. The number of aromatic nitrogens is 1. The second-order valence-corrected chi connectivity index (χ2v) is 3.38. The minimum Gasteiger partial charge on any atom is -0.367 e. The van der Waals surface area contributed by atoms with Gasteiger partial charge in [0.15, 0.2) is 0 Å². The molecule has 11 heavy (non-hydrogen) atoms. The van der Waals surface area contributed by atoms with Crippen LogP contribution in [-0.2, 0) is 6.42 Å². The molecule has 2 heteroatoms. The standard InChI is InChI=1S/C9H14N2/c1-6-3-7-4-11-5-8(7)9(6)10-2/h4-6,9-11H,3H2,1-2H3. The molecule has 2 N–H and O–H groups in total. The van der Waals surface area contributed by atoms with Crippen molar-refractivity contribution in [2.75, 3.05) is 7.05 Å². The topological polar surface area (TPSA) is 27.8 Å². The van der Waals surface area contributed by atoms with Gasteiger partial charge in [-0.15, -0.1) is 0 Å². The molecule has 0 fully saturated rings. The zero-order chi connectivity index (χ0) is 7.84. The lowest BCUT2D eigenvalue weighted by atomic mass is 10.0. The predicted molar refractivity (Wildman–Crippen MR) is 45.5 cm³/mol. The van der Waals surface area contributed by atoms with Gasteiger partial charge in [-0.3, -0.25) is 0 Å². The van der Waals surface area contributed by atoms with Crippen LogP contribution >= 0.6 is 0 Å². The minimum atomic E-state index is 0.566. The van der Waals surface area contributed by atoms with Crippen molar-refractivity contribution in [3.05, 3.63) is 23.5 Å². The first-order valence-corrected chi connectivity index (χ1v) is 4.15. The number of aromatic amines is 1. The van der Waals surface area contributed by atoms with E-state index in [-0.39, 0.29) is 0 Å². The van der Waals surface area contributed by atoms with E-state index in [4.69, 9.17) is 0 Å². The average molecular weight is 150 g/mol. The summed E-state index contributed by atoms with van der Waals surface area (Å²) in [6, 6.07) is 0.566. The molecule has 0 bridgehead atoms. The molecule has 2 nitrogen and oxygen atoms in total. The molecule has 2 atom stereocenters. The lowest BCUT2D eigenvalue weighted by molar-refractivity contribution is 0.445. The molecule has 1 heterocycles. The highest BCUT2D eigenvalue weighted by Gasteiger charge is 2.28. The number of hydrogen-bond acceptors (Lipinski definition) is 1. The van der Waals surface area contributed by atoms with Gasteiger partial charge < -0.3 is 10.3 Å². The fourth-order valence-corrected chi connectivity index (χ4v) is 2.09. The molecule has 0 spiro atoms. The van der Waals surface area contributed by atoms with E-state index < -0.39 is 0 Å². The lowest BCUT2D eigenvalue weighted by Gasteiger charge is -2.14. The minimum absolute atomic E-state index is 0.566. The van der Waals surface area contributed by atoms with E-state index in [1.54, 1.807) is 0 Å². The summed E-state index contributed by atoms with van der Waals surface area (Å²) in [5.74, 6) is 0.750. The van der Waals surface area contributed by atoms with Crippen LogP contribution in [0.4, 0.5) is 0 Å². The third kappa shape index (κ3) is 0.897. The van der Waals surface area contributed by atoms with Crippen LogP contribution in [0.25, 0.3) is 0 Å². The molecule has 0 saturated carbocycles. The third-order valence-corrected chi connectivity index (χ3v) is 2.62. The maximum Gasteiger partial charge on any atom is 0.0364 e. The molecule has 2 rings (SSSR count). The normalized spacial score (nSPS) is 28.9. The van der Waals surface area contributed by atoms with Crippen LogP contribution in [0.3, 0.4) is 0 Å². The van der Waals surface area contributed by atoms with Gasteiger partial charge in [0.05, 0.1) is 0 Å². The smallest absolute Gasteiger partial charge is 0.0364 e. The van der Waals surface area contributed by atoms with Gasteiger partial charge in [-0.1, -0.05) is 6.92 Å². The zero-order valence-electron chi connectivity index (χ0n) is 7.02. The van der Waals surface area contributed by atoms with Crippen LogP contribution in [-0.4, -0.2) is 12.0 Å². The van der Waals surface area contributed by atoms with Gasteiger partial charge in [-0.25, -0.2) is 0 Å². The SMILES string of the molecule is CNC1c2c[nH]cc2CC1C. The van der Waals surface area contributed by atoms with Crippen LogP contribution in [0.1, 0.15) is 24.1 Å². The van der Waals surface area contributed by atoms with E-state index in [2.05, 4.69) is 29.6 Å². The first-order valence-electron chi connectivity index (χ1n) is 4.15. The van der Waals surface area contributed by atoms with Crippen molar-refractivity contribution in [1.29, 1.82) is 0 Å². The summed E-state index contributed by atoms with van der Waals surface area (Å²) in [4.78, 5) is 3.15. The summed E-state index contributed by atoms with van der Waals surface area (Å²) in [5.41, 5.74) is 2.94. The van der Waals surface area contributed by atoms with Crippen LogP contribution in [0.2, 0.25) is 0 Å². The number of rotatable bonds is 1. The van der Waals surface area contributed by atoms with Gasteiger partial charge in [0.2, 0.25) is 0 Å². The zero-order valence-corrected chi connectivity index (χ0v) is 7.02. The molecular weight excluding hydrogens is 136 g/mol. The Balaban J connectivity index is 2.35. The Morgan fingerprint density at radius 2 is 2.36 bits per heavy atom. The summed E-state index contributed by atoms with van der Waals surface area (Å²) in [5, 5.41) is 3.34. The van der Waals surface area contributed by atoms with E-state index >= 15 is 0 Å². The molecule has 0 amide bonds. The van der Waals surface area contributed by atoms with Gasteiger partial charge in [0.1, 0.15) is 0 Å². The monoisotopic (exact) mass is 150 g/mol. The van der Waals surface area contributed by atoms with Gasteiger partial charge >= 0.3 is 0 Å². The summed E-state index contributed by atoms with van der Waals surface area (Å²) in [6.07, 6.45) is 5.44. The van der Waals surface area contributed by atoms with E-state index in [1.807, 2.05) is 7.05 Å². The van der Waals surface area contributed by atoms with Crippen molar-refractivity contribution >= 4 is 0 Å². The first-order chi connectivity index (χ1) is 5.33.